The molecule has 0 fully saturated rings. The lowest BCUT2D eigenvalue weighted by atomic mass is 9.73. The Balaban J connectivity index is 1.65. The fraction of sp³-hybridized carbons (Fsp3) is 0.200. The van der Waals surface area contributed by atoms with Gasteiger partial charge < -0.3 is 9.57 Å². The van der Waals surface area contributed by atoms with Gasteiger partial charge >= 0.3 is 0 Å². The Morgan fingerprint density at radius 2 is 1.66 bits per heavy atom. The number of rotatable bonds is 3. The van der Waals surface area contributed by atoms with E-state index in [0.29, 0.717) is 17.0 Å². The molecule has 0 saturated heterocycles. The number of fused-ring (bicyclic) bond motifs is 1. The number of hydrogen-bond acceptors (Lipinski definition) is 6. The van der Waals surface area contributed by atoms with Crippen LogP contribution in [0.1, 0.15) is 33.0 Å². The quantitative estimate of drug-likeness (QED) is 0.608. The number of oxime groups is 1. The molecule has 3 aromatic carbocycles. The lowest BCUT2D eigenvalue weighted by molar-refractivity contribution is -0.0431. The molecule has 2 heterocycles. The molecule has 0 bridgehead atoms. The first-order valence-corrected chi connectivity index (χ1v) is 12.1. The van der Waals surface area contributed by atoms with Gasteiger partial charge in [0.05, 0.1) is 22.1 Å². The minimum Gasteiger partial charge on any atom is -0.488 e. The molecule has 3 aromatic rings. The van der Waals surface area contributed by atoms with E-state index in [9.17, 15) is 13.2 Å². The molecule has 0 amide bonds. The second-order valence-electron chi connectivity index (χ2n) is 8.21. The highest BCUT2D eigenvalue weighted by Crippen LogP contribution is 2.46. The van der Waals surface area contributed by atoms with Gasteiger partial charge in [0.1, 0.15) is 12.4 Å². The number of Topliss-reactive ketones (excluding diaryl/α,β-unsaturated/α-hetero) is 1. The normalized spacial score (nSPS) is 22.1. The first kappa shape index (κ1) is 20.5. The van der Waals surface area contributed by atoms with Crippen LogP contribution in [0.25, 0.3) is 0 Å². The van der Waals surface area contributed by atoms with Crippen molar-refractivity contribution in [3.8, 4) is 5.75 Å². The van der Waals surface area contributed by atoms with E-state index in [0.717, 1.165) is 22.9 Å². The van der Waals surface area contributed by atoms with Gasteiger partial charge in [0.15, 0.2) is 9.84 Å². The maximum absolute atomic E-state index is 13.7. The largest absolute Gasteiger partial charge is 0.488 e. The minimum absolute atomic E-state index is 0.000201. The van der Waals surface area contributed by atoms with Crippen molar-refractivity contribution < 1.29 is 22.8 Å². The molecule has 0 saturated carbocycles. The molecule has 2 aliphatic heterocycles. The van der Waals surface area contributed by atoms with Crippen LogP contribution in [0.3, 0.4) is 0 Å². The van der Waals surface area contributed by atoms with Crippen molar-refractivity contribution >= 4 is 21.3 Å². The Morgan fingerprint density at radius 1 is 0.969 bits per heavy atom. The van der Waals surface area contributed by atoms with Crippen molar-refractivity contribution in [1.29, 1.82) is 0 Å². The summed E-state index contributed by atoms with van der Waals surface area (Å²) in [5.74, 6) is -0.260. The van der Waals surface area contributed by atoms with Gasteiger partial charge in [-0.05, 0) is 36.8 Å². The van der Waals surface area contributed by atoms with Gasteiger partial charge in [0.25, 0.3) is 0 Å². The number of ketones is 1. The predicted molar refractivity (Wildman–Crippen MR) is 120 cm³/mol. The molecule has 6 nitrogen and oxygen atoms in total. The Kier molecular flexibility index (Phi) is 4.67. The molecular formula is C25H21NO5S. The molecule has 0 aliphatic carbocycles. The van der Waals surface area contributed by atoms with Crippen LogP contribution < -0.4 is 4.74 Å². The van der Waals surface area contributed by atoms with Crippen LogP contribution in [0.15, 0.2) is 82.8 Å². The van der Waals surface area contributed by atoms with E-state index in [1.54, 1.807) is 42.5 Å². The summed E-state index contributed by atoms with van der Waals surface area (Å²) >= 11 is 0. The first-order chi connectivity index (χ1) is 15.3. The third-order valence-corrected chi connectivity index (χ3v) is 7.12. The van der Waals surface area contributed by atoms with E-state index < -0.39 is 21.4 Å². The summed E-state index contributed by atoms with van der Waals surface area (Å²) in [5.41, 5.74) is 2.33. The number of ether oxygens (including phenoxy) is 1. The average Bonchev–Trinajstić information content (AvgIpc) is 3.17. The van der Waals surface area contributed by atoms with Crippen LogP contribution in [-0.4, -0.2) is 38.4 Å². The van der Waals surface area contributed by atoms with Gasteiger partial charge in [-0.3, -0.25) is 4.79 Å². The van der Waals surface area contributed by atoms with Crippen LogP contribution in [0.5, 0.6) is 5.75 Å². The van der Waals surface area contributed by atoms with E-state index in [1.165, 1.54) is 0 Å². The summed E-state index contributed by atoms with van der Waals surface area (Å²) in [4.78, 5) is 19.8. The highest BCUT2D eigenvalue weighted by Gasteiger charge is 2.59. The van der Waals surface area contributed by atoms with Crippen molar-refractivity contribution in [2.45, 2.75) is 23.3 Å². The summed E-state index contributed by atoms with van der Waals surface area (Å²) in [6.45, 7) is 2.00. The molecule has 0 radical (unpaired) electrons. The van der Waals surface area contributed by atoms with Crippen LogP contribution >= 0.6 is 0 Å². The van der Waals surface area contributed by atoms with Crippen molar-refractivity contribution in [3.05, 3.63) is 95.1 Å². The van der Waals surface area contributed by atoms with E-state index >= 15 is 0 Å². The fourth-order valence-electron chi connectivity index (χ4n) is 4.28. The predicted octanol–water partition coefficient (Wildman–Crippen LogP) is 3.93. The molecule has 5 rings (SSSR count). The second-order valence-corrected chi connectivity index (χ2v) is 10.2. The van der Waals surface area contributed by atoms with Crippen molar-refractivity contribution in [2.24, 2.45) is 5.16 Å². The molecule has 0 N–H and O–H groups in total. The number of benzene rings is 3. The number of sulfone groups is 1. The van der Waals surface area contributed by atoms with E-state index in [2.05, 4.69) is 5.16 Å². The minimum atomic E-state index is -3.35. The lowest BCUT2D eigenvalue weighted by Crippen LogP contribution is -2.52. The first-order valence-electron chi connectivity index (χ1n) is 10.2. The molecule has 162 valence electrons. The van der Waals surface area contributed by atoms with Gasteiger partial charge in [-0.2, -0.15) is 0 Å². The molecule has 2 aliphatic rings. The molecule has 2 atom stereocenters. The smallest absolute Gasteiger partial charge is 0.245 e. The summed E-state index contributed by atoms with van der Waals surface area (Å²) in [5, 5.41) is 4.36. The standard InChI is InChI=1S/C25H21NO5S/c1-16-7-9-18(10-8-16)23-22(17-11-13-19(14-12-17)32(2,28)29)25(31-26-23)15-30-21-6-4-3-5-20(21)24(25)27/h3-14,22H,15H2,1-2H3. The number of hydrogen-bond donors (Lipinski definition) is 0. The molecule has 7 heteroatoms. The van der Waals surface area contributed by atoms with Gasteiger partial charge in [-0.15, -0.1) is 0 Å². The van der Waals surface area contributed by atoms with Gasteiger partial charge in [-0.1, -0.05) is 59.3 Å². The van der Waals surface area contributed by atoms with Crippen LogP contribution in [-0.2, 0) is 14.7 Å². The van der Waals surface area contributed by atoms with Crippen molar-refractivity contribution in [2.75, 3.05) is 12.9 Å². The Bertz CT molecular complexity index is 1340. The zero-order valence-electron chi connectivity index (χ0n) is 17.6. The molecule has 0 aromatic heterocycles. The fourth-order valence-corrected chi connectivity index (χ4v) is 4.91. The van der Waals surface area contributed by atoms with Crippen LogP contribution in [0.4, 0.5) is 0 Å². The third-order valence-electron chi connectivity index (χ3n) is 5.99. The molecule has 1 spiro atoms. The SMILES string of the molecule is Cc1ccc(C2=NOC3(COc4ccccc4C3=O)C2c2ccc(S(C)(=O)=O)cc2)cc1. The maximum atomic E-state index is 13.7. The topological polar surface area (TPSA) is 82.0 Å². The molecule has 2 unspecified atom stereocenters. The Hall–Kier alpha value is -3.45. The highest BCUT2D eigenvalue weighted by atomic mass is 32.2. The second kappa shape index (κ2) is 7.31. The molecule has 32 heavy (non-hydrogen) atoms. The summed E-state index contributed by atoms with van der Waals surface area (Å²) in [7, 11) is -3.35. The van der Waals surface area contributed by atoms with E-state index in [4.69, 9.17) is 9.57 Å². The van der Waals surface area contributed by atoms with Crippen LogP contribution in [0.2, 0.25) is 0 Å². The number of nitrogens with zero attached hydrogens (tertiary/aromatic N) is 1. The van der Waals surface area contributed by atoms with E-state index in [-0.39, 0.29) is 17.3 Å². The van der Waals surface area contributed by atoms with Crippen LogP contribution in [0, 0.1) is 6.92 Å². The Labute approximate surface area is 186 Å². The zero-order chi connectivity index (χ0) is 22.5. The summed E-state index contributed by atoms with van der Waals surface area (Å²) < 4.78 is 29.8. The van der Waals surface area contributed by atoms with Gasteiger partial charge in [0.2, 0.25) is 11.4 Å². The monoisotopic (exact) mass is 447 g/mol. The number of aryl methyl sites for hydroxylation is 1. The number of carbonyl (C=O) groups is 1. The maximum Gasteiger partial charge on any atom is 0.245 e. The highest BCUT2D eigenvalue weighted by molar-refractivity contribution is 7.90. The van der Waals surface area contributed by atoms with E-state index in [1.807, 2.05) is 37.3 Å². The Morgan fingerprint density at radius 3 is 2.34 bits per heavy atom. The number of carbonyl (C=O) groups excluding carboxylic acids is 1. The zero-order valence-corrected chi connectivity index (χ0v) is 18.4. The van der Waals surface area contributed by atoms with Gasteiger partial charge in [-0.25, -0.2) is 8.42 Å². The third kappa shape index (κ3) is 3.20. The van der Waals surface area contributed by atoms with Crippen molar-refractivity contribution in [1.82, 2.24) is 0 Å². The molecular weight excluding hydrogens is 426 g/mol. The average molecular weight is 448 g/mol. The lowest BCUT2D eigenvalue weighted by Gasteiger charge is -2.35. The summed E-state index contributed by atoms with van der Waals surface area (Å²) in [6, 6.07) is 21.4. The van der Waals surface area contributed by atoms with Crippen molar-refractivity contribution in [3.63, 3.8) is 0 Å². The van der Waals surface area contributed by atoms with Gasteiger partial charge in [0, 0.05) is 11.8 Å². The summed E-state index contributed by atoms with van der Waals surface area (Å²) in [6.07, 6.45) is 1.16. The number of para-hydroxylation sites is 1.